The molecule has 1 aliphatic heterocycles. The van der Waals surface area contributed by atoms with Crippen LogP contribution in [-0.4, -0.2) is 39.0 Å². The normalized spacial score (nSPS) is 16.9. The summed E-state index contributed by atoms with van der Waals surface area (Å²) in [6.07, 6.45) is 1.35. The zero-order valence-corrected chi connectivity index (χ0v) is 13.4. The van der Waals surface area contributed by atoms with E-state index in [4.69, 9.17) is 0 Å². The molecule has 0 saturated carbocycles. The zero-order valence-electron chi connectivity index (χ0n) is 13.4. The number of hydrogen-bond acceptors (Lipinski definition) is 3. The van der Waals surface area contributed by atoms with Crippen LogP contribution in [0.5, 0.6) is 0 Å². The molecule has 1 saturated heterocycles. The summed E-state index contributed by atoms with van der Waals surface area (Å²) < 4.78 is 28.7. The second-order valence-corrected chi connectivity index (χ2v) is 6.16. The van der Waals surface area contributed by atoms with Crippen molar-refractivity contribution in [2.45, 2.75) is 39.3 Å². The lowest BCUT2D eigenvalue weighted by Gasteiger charge is -2.29. The minimum atomic E-state index is -0.622. The Labute approximate surface area is 134 Å². The molecule has 2 aromatic rings. The van der Waals surface area contributed by atoms with Gasteiger partial charge in [-0.2, -0.15) is 5.10 Å². The molecule has 1 aromatic heterocycles. The molecule has 1 aliphatic rings. The molecule has 0 bridgehead atoms. The fraction of sp³-hybridized carbons (Fsp3) is 0.471. The topological polar surface area (TPSA) is 41.3 Å². The van der Waals surface area contributed by atoms with Crippen molar-refractivity contribution < 1.29 is 13.9 Å². The fourth-order valence-electron chi connectivity index (χ4n) is 3.09. The molecular formula is C17H21F2N3O. The fourth-order valence-corrected chi connectivity index (χ4v) is 3.09. The van der Waals surface area contributed by atoms with Gasteiger partial charge in [0.05, 0.1) is 11.8 Å². The first kappa shape index (κ1) is 16.1. The molecule has 0 amide bonds. The van der Waals surface area contributed by atoms with Crippen molar-refractivity contribution in [3.63, 3.8) is 0 Å². The second-order valence-electron chi connectivity index (χ2n) is 6.16. The lowest BCUT2D eigenvalue weighted by atomic mass is 10.1. The van der Waals surface area contributed by atoms with Gasteiger partial charge in [-0.25, -0.2) is 13.5 Å². The Morgan fingerprint density at radius 2 is 1.91 bits per heavy atom. The molecule has 0 atom stereocenters. The molecule has 3 rings (SSSR count). The van der Waals surface area contributed by atoms with Crippen LogP contribution in [-0.2, 0) is 6.54 Å². The van der Waals surface area contributed by atoms with Gasteiger partial charge in [0.2, 0.25) is 0 Å². The van der Waals surface area contributed by atoms with Crippen molar-refractivity contribution in [1.82, 2.24) is 14.7 Å². The summed E-state index contributed by atoms with van der Waals surface area (Å²) >= 11 is 0. The Balaban J connectivity index is 1.87. The number of halogens is 2. The van der Waals surface area contributed by atoms with Crippen molar-refractivity contribution in [2.24, 2.45) is 0 Å². The van der Waals surface area contributed by atoms with Gasteiger partial charge in [0.1, 0.15) is 11.5 Å². The molecule has 2 heterocycles. The second kappa shape index (κ2) is 6.37. The molecule has 124 valence electrons. The molecule has 0 radical (unpaired) electrons. The van der Waals surface area contributed by atoms with Gasteiger partial charge in [0.15, 0.2) is 5.82 Å². The Morgan fingerprint density at radius 1 is 1.22 bits per heavy atom. The molecule has 1 fully saturated rings. The predicted octanol–water partition coefficient (Wildman–Crippen LogP) is 2.72. The summed E-state index contributed by atoms with van der Waals surface area (Å²) in [7, 11) is 0. The molecule has 0 spiro atoms. The van der Waals surface area contributed by atoms with E-state index in [0.717, 1.165) is 55.5 Å². The van der Waals surface area contributed by atoms with Crippen LogP contribution in [0.2, 0.25) is 0 Å². The maximum atomic E-state index is 14.0. The summed E-state index contributed by atoms with van der Waals surface area (Å²) in [5, 5.41) is 14.0. The van der Waals surface area contributed by atoms with E-state index in [1.807, 2.05) is 13.8 Å². The van der Waals surface area contributed by atoms with Gasteiger partial charge in [0, 0.05) is 37.0 Å². The van der Waals surface area contributed by atoms with Gasteiger partial charge in [-0.05, 0) is 38.8 Å². The first-order valence-corrected chi connectivity index (χ1v) is 7.86. The average Bonchev–Trinajstić information content (AvgIpc) is 2.77. The van der Waals surface area contributed by atoms with Gasteiger partial charge >= 0.3 is 0 Å². The maximum Gasteiger partial charge on any atom is 0.151 e. The number of likely N-dealkylation sites (tertiary alicyclic amines) is 1. The minimum Gasteiger partial charge on any atom is -0.393 e. The predicted molar refractivity (Wildman–Crippen MR) is 83.5 cm³/mol. The van der Waals surface area contributed by atoms with Crippen LogP contribution in [0.15, 0.2) is 18.2 Å². The standard InChI is InChI=1S/C17H21F2N3O/c1-11-15(10-21-7-5-14(23)6-8-21)12(2)22(20-11)17-4-3-13(18)9-16(17)19/h3-4,9,14,23H,5-8,10H2,1-2H3. The van der Waals surface area contributed by atoms with Crippen LogP contribution < -0.4 is 0 Å². The van der Waals surface area contributed by atoms with E-state index >= 15 is 0 Å². The van der Waals surface area contributed by atoms with E-state index < -0.39 is 11.6 Å². The average molecular weight is 321 g/mol. The Hall–Kier alpha value is -1.79. The summed E-state index contributed by atoms with van der Waals surface area (Å²) in [4.78, 5) is 2.27. The van der Waals surface area contributed by atoms with Crippen molar-refractivity contribution in [3.8, 4) is 5.69 Å². The first-order valence-electron chi connectivity index (χ1n) is 7.86. The van der Waals surface area contributed by atoms with Gasteiger partial charge in [-0.1, -0.05) is 0 Å². The van der Waals surface area contributed by atoms with Crippen LogP contribution in [0.4, 0.5) is 8.78 Å². The van der Waals surface area contributed by atoms with Crippen LogP contribution in [0, 0.1) is 25.5 Å². The third-order valence-corrected chi connectivity index (χ3v) is 4.52. The lowest BCUT2D eigenvalue weighted by molar-refractivity contribution is 0.0791. The van der Waals surface area contributed by atoms with Crippen molar-refractivity contribution in [1.29, 1.82) is 0 Å². The monoisotopic (exact) mass is 321 g/mol. The largest absolute Gasteiger partial charge is 0.393 e. The number of aryl methyl sites for hydroxylation is 1. The van der Waals surface area contributed by atoms with Gasteiger partial charge in [-0.15, -0.1) is 0 Å². The van der Waals surface area contributed by atoms with Crippen LogP contribution in [0.1, 0.15) is 29.8 Å². The van der Waals surface area contributed by atoms with Crippen molar-refractivity contribution in [2.75, 3.05) is 13.1 Å². The summed E-state index contributed by atoms with van der Waals surface area (Å²) in [6.45, 7) is 6.22. The summed E-state index contributed by atoms with van der Waals surface area (Å²) in [5.74, 6) is -1.22. The maximum absolute atomic E-state index is 14.0. The lowest BCUT2D eigenvalue weighted by Crippen LogP contribution is -2.35. The van der Waals surface area contributed by atoms with Crippen LogP contribution in [0.3, 0.4) is 0 Å². The smallest absolute Gasteiger partial charge is 0.151 e. The highest BCUT2D eigenvalue weighted by atomic mass is 19.1. The number of aliphatic hydroxyl groups is 1. The van der Waals surface area contributed by atoms with Gasteiger partial charge in [0.25, 0.3) is 0 Å². The molecular weight excluding hydrogens is 300 g/mol. The molecule has 6 heteroatoms. The van der Waals surface area contributed by atoms with Gasteiger partial charge in [-0.3, -0.25) is 4.90 Å². The SMILES string of the molecule is Cc1nn(-c2ccc(F)cc2F)c(C)c1CN1CCC(O)CC1. The zero-order chi connectivity index (χ0) is 16.6. The van der Waals surface area contributed by atoms with Crippen LogP contribution in [0.25, 0.3) is 5.69 Å². The number of nitrogens with zero attached hydrogens (tertiary/aromatic N) is 3. The summed E-state index contributed by atoms with van der Waals surface area (Å²) in [5.41, 5.74) is 3.02. The third-order valence-electron chi connectivity index (χ3n) is 4.52. The highest BCUT2D eigenvalue weighted by Crippen LogP contribution is 2.23. The Kier molecular flexibility index (Phi) is 4.46. The number of hydrogen-bond donors (Lipinski definition) is 1. The number of aromatic nitrogens is 2. The van der Waals surface area contributed by atoms with E-state index in [9.17, 15) is 13.9 Å². The van der Waals surface area contributed by atoms with E-state index in [1.54, 1.807) is 0 Å². The number of rotatable bonds is 3. The highest BCUT2D eigenvalue weighted by molar-refractivity contribution is 5.38. The van der Waals surface area contributed by atoms with E-state index in [0.29, 0.717) is 0 Å². The third kappa shape index (κ3) is 3.28. The number of benzene rings is 1. The van der Waals surface area contributed by atoms with E-state index in [2.05, 4.69) is 10.00 Å². The van der Waals surface area contributed by atoms with E-state index in [-0.39, 0.29) is 11.8 Å². The van der Waals surface area contributed by atoms with Crippen molar-refractivity contribution >= 4 is 0 Å². The van der Waals surface area contributed by atoms with Crippen molar-refractivity contribution in [3.05, 3.63) is 46.8 Å². The first-order chi connectivity index (χ1) is 11.0. The Bertz CT molecular complexity index is 706. The molecule has 1 aromatic carbocycles. The molecule has 0 aliphatic carbocycles. The number of piperidine rings is 1. The minimum absolute atomic E-state index is 0.204. The van der Waals surface area contributed by atoms with E-state index in [1.165, 1.54) is 16.8 Å². The molecule has 0 unspecified atom stereocenters. The molecule has 4 nitrogen and oxygen atoms in total. The molecule has 1 N–H and O–H groups in total. The number of aliphatic hydroxyl groups excluding tert-OH is 1. The quantitative estimate of drug-likeness (QED) is 0.945. The highest BCUT2D eigenvalue weighted by Gasteiger charge is 2.21. The molecule has 23 heavy (non-hydrogen) atoms. The van der Waals surface area contributed by atoms with Crippen LogP contribution >= 0.6 is 0 Å². The van der Waals surface area contributed by atoms with Gasteiger partial charge < -0.3 is 5.11 Å². The Morgan fingerprint density at radius 3 is 2.57 bits per heavy atom. The summed E-state index contributed by atoms with van der Waals surface area (Å²) in [6, 6.07) is 3.52.